The molecule has 0 aromatic carbocycles. The number of quaternary nitrogens is 2. The molecule has 0 unspecified atom stereocenters. The fourth-order valence-corrected chi connectivity index (χ4v) is 17.4. The summed E-state index contributed by atoms with van der Waals surface area (Å²) in [5, 5.41) is 0. The fourth-order valence-electron chi connectivity index (χ4n) is 1.02. The van der Waals surface area contributed by atoms with Gasteiger partial charge in [-0.05, 0) is 0 Å². The van der Waals surface area contributed by atoms with Crippen molar-refractivity contribution >= 4 is 0 Å². The van der Waals surface area contributed by atoms with E-state index >= 15 is 0 Å². The van der Waals surface area contributed by atoms with Gasteiger partial charge in [-0.15, -0.1) is 0 Å². The zero-order valence-electron chi connectivity index (χ0n) is 38.7. The molecule has 0 aliphatic carbocycles. The van der Waals surface area contributed by atoms with Crippen LogP contribution >= 0.6 is 0 Å². The third-order valence-electron chi connectivity index (χ3n) is 1.67. The van der Waals surface area contributed by atoms with Crippen LogP contribution in [0.5, 0.6) is 0 Å². The van der Waals surface area contributed by atoms with Crippen molar-refractivity contribution in [2.45, 2.75) is 0 Å². The summed E-state index contributed by atoms with van der Waals surface area (Å²) in [6.07, 6.45) is 0. The van der Waals surface area contributed by atoms with E-state index in [1.54, 1.807) is 0 Å². The Hall–Kier alpha value is 1.37. The third-order valence-corrected chi connectivity index (χ3v) is 28.3. The maximum atomic E-state index is 9.38. The van der Waals surface area contributed by atoms with Gasteiger partial charge in [-0.1, -0.05) is 0 Å². The standard InChI is InChI=1S/20Cr.2H3N.70O/h;;;;;;;;;;;;;;;;;;;;2*1H3;;;;;;;;;;;;;;;;;;;;;;;;;;;;;;;;;;;;;;;;;;;;;;;;;;;;;;;;;;;;;;;;;;;;;;/q;;;;;;;;;;;;;;;;;;;;;;;;;;;;;;;;;;;;;;;;;;;;;;;;;;;;;;;;;;;;;;;;;;;;;;;;20*-1/p+2. The quantitative estimate of drug-likeness (QED) is 0.114. The molecule has 0 aliphatic rings. The molecule has 0 aromatic heterocycles. The first-order chi connectivity index (χ1) is 37.1. The Morgan fingerprint density at radius 3 is 0.120 bits per heavy atom. The van der Waals surface area contributed by atoms with E-state index in [1.807, 2.05) is 0 Å². The minimum atomic E-state index is -6.07. The van der Waals surface area contributed by atoms with E-state index in [-0.39, 0.29) is 12.3 Å². The predicted molar refractivity (Wildman–Crippen MR) is 50.3 cm³/mol. The zero-order valence-corrected chi connectivity index (χ0v) is 64.2. The second kappa shape index (κ2) is 44.7. The maximum absolute atomic E-state index is 9.38. The second-order valence-corrected chi connectivity index (χ2v) is 45.2. The summed E-state index contributed by atoms with van der Waals surface area (Å²) in [5.74, 6) is 0. The molecule has 0 aliphatic heterocycles. The van der Waals surface area contributed by atoms with Crippen LogP contribution in [0, 0.1) is 0 Å². The monoisotopic (exact) mass is 2190 g/mol. The molecule has 0 fully saturated rings. The van der Waals surface area contributed by atoms with Crippen LogP contribution in [0.1, 0.15) is 0 Å². The van der Waals surface area contributed by atoms with Crippen molar-refractivity contribution in [2.75, 3.05) is 0 Å². The molecule has 0 spiro atoms. The van der Waals surface area contributed by atoms with Crippen LogP contribution in [-0.2, 0) is 453 Å². The van der Waals surface area contributed by atoms with E-state index in [1.165, 1.54) is 0 Å². The third kappa shape index (κ3) is 198. The number of hydrogen-bond donors (Lipinski definition) is 2. The van der Waals surface area contributed by atoms with Gasteiger partial charge in [0.25, 0.3) is 0 Å². The van der Waals surface area contributed by atoms with E-state index in [2.05, 4.69) is 28.4 Å². The summed E-state index contributed by atoms with van der Waals surface area (Å²) >= 11 is -121. The van der Waals surface area contributed by atoms with Crippen molar-refractivity contribution in [3.63, 3.8) is 0 Å². The van der Waals surface area contributed by atoms with E-state index < -0.39 is 272 Å². The topological polar surface area (TPSA) is 1310 Å². The van der Waals surface area contributed by atoms with Crippen LogP contribution in [0.25, 0.3) is 0 Å². The summed E-state index contributed by atoms with van der Waals surface area (Å²) in [6, 6.07) is 0. The Labute approximate surface area is 540 Å². The minimum absolute atomic E-state index is 0. The van der Waals surface area contributed by atoms with E-state index in [0.717, 1.165) is 0 Å². The van der Waals surface area contributed by atoms with Gasteiger partial charge in [-0.3, -0.25) is 0 Å². The van der Waals surface area contributed by atoms with Crippen molar-refractivity contribution in [1.82, 2.24) is 12.3 Å². The number of hydrogen-bond acceptors (Lipinski definition) is 70. The molecule has 92 heteroatoms. The van der Waals surface area contributed by atoms with Crippen molar-refractivity contribution < 1.29 is 536 Å². The average Bonchev–Trinajstić information content (AvgIpc) is 2.88. The van der Waals surface area contributed by atoms with Crippen LogP contribution in [-0.4, -0.2) is 0 Å². The Balaban J connectivity index is -0.0000000771. The molecule has 92 heavy (non-hydrogen) atoms. The van der Waals surface area contributed by atoms with Crippen LogP contribution in [0.15, 0.2) is 0 Å². The van der Waals surface area contributed by atoms with Gasteiger partial charge in [0.15, 0.2) is 0 Å². The van der Waals surface area contributed by atoms with Gasteiger partial charge >= 0.3 is 536 Å². The van der Waals surface area contributed by atoms with Crippen LogP contribution < -0.4 is 95.5 Å². The van der Waals surface area contributed by atoms with Crippen LogP contribution in [0.3, 0.4) is 0 Å². The molecule has 8 N–H and O–H groups in total. The molecule has 0 amide bonds. The summed E-state index contributed by atoms with van der Waals surface area (Å²) in [6.45, 7) is 0. The second-order valence-electron chi connectivity index (χ2n) is 8.85. The Morgan fingerprint density at radius 1 is 0.0978 bits per heavy atom. The normalized spacial score (nSPS) is 13.3. The molecule has 0 aromatic rings. The van der Waals surface area contributed by atoms with Crippen molar-refractivity contribution in [1.29, 1.82) is 0 Å². The molecule has 0 atom stereocenters. The first kappa shape index (κ1) is 120. The summed E-state index contributed by atoms with van der Waals surface area (Å²) < 4.78 is 589. The summed E-state index contributed by atoms with van der Waals surface area (Å²) in [5.41, 5.74) is 0. The molecule has 0 saturated carbocycles. The van der Waals surface area contributed by atoms with Crippen molar-refractivity contribution in [2.24, 2.45) is 0 Å². The van der Waals surface area contributed by atoms with E-state index in [4.69, 9.17) is 0 Å². The summed E-state index contributed by atoms with van der Waals surface area (Å²) in [4.78, 5) is 0. The molecule has 0 saturated heterocycles. The van der Waals surface area contributed by atoms with E-state index in [0.29, 0.717) is 0 Å². The van der Waals surface area contributed by atoms with Gasteiger partial charge in [-0.2, -0.15) is 0 Å². The Bertz CT molecular complexity index is 3360. The molecule has 0 heterocycles. The van der Waals surface area contributed by atoms with Gasteiger partial charge in [0.05, 0.1) is 0 Å². The number of rotatable bonds is 20. The molecular formula is H8Cr20N2O70-18. The van der Waals surface area contributed by atoms with Gasteiger partial charge in [0.1, 0.15) is 0 Å². The van der Waals surface area contributed by atoms with Gasteiger partial charge in [-0.25, -0.2) is 0 Å². The van der Waals surface area contributed by atoms with Crippen LogP contribution in [0.4, 0.5) is 0 Å². The van der Waals surface area contributed by atoms with Crippen molar-refractivity contribution in [3.8, 4) is 0 Å². The van der Waals surface area contributed by atoms with Crippen molar-refractivity contribution in [3.05, 3.63) is 0 Å². The molecular weight excluding hydrogens is 2190 g/mol. The van der Waals surface area contributed by atoms with Crippen LogP contribution in [0.2, 0.25) is 0 Å². The Kier molecular flexibility index (Phi) is 58.4. The van der Waals surface area contributed by atoms with Gasteiger partial charge in [0, 0.05) is 0 Å². The van der Waals surface area contributed by atoms with E-state index in [9.17, 15) is 235 Å². The Morgan fingerprint density at radius 2 is 0.120 bits per heavy atom. The zero-order chi connectivity index (χ0) is 77.1. The molecule has 0 rings (SSSR count). The molecule has 0 radical (unpaired) electrons. The first-order valence-electron chi connectivity index (χ1n) is 13.3. The molecule has 0 bridgehead atoms. The molecule has 72 nitrogen and oxygen atoms in total. The summed E-state index contributed by atoms with van der Waals surface area (Å²) in [7, 11) is 0. The molecule has 576 valence electrons. The van der Waals surface area contributed by atoms with Gasteiger partial charge < -0.3 is 12.3 Å². The first-order valence-corrected chi connectivity index (χ1v) is 55.0. The average molecular weight is 2200 g/mol. The fraction of sp³-hybridized carbons (Fsp3) is 0. The van der Waals surface area contributed by atoms with Gasteiger partial charge in [0.2, 0.25) is 0 Å². The SMILES string of the molecule is [NH4+].[NH4+].[O]=[Cr](=[O])([O-])[O][Cr](=[O])(=[O])[O-].[O]=[Cr](=[O])([O-])[O][Cr](=[O])(=[O])[O-].[O]=[Cr](=[O])([O-])[O][Cr](=[O])(=[O])[O-].[O]=[Cr](=[O])([O-])[O][Cr](=[O])(=[O])[O-].[O]=[Cr](=[O])([O-])[O][Cr](=[O])(=[O])[O-].[O]=[Cr](=[O])([O-])[O][Cr](=[O])(=[O])[O-].[O]=[Cr](=[O])([O-])[O][Cr](=[O])(=[O])[O-].[O]=[Cr](=[O])([O-])[O][Cr](=[O])(=[O])[O-].[O]=[Cr](=[O])([O-])[O][Cr](=[O])(=[O])[O-].[O]=[Cr](=[O])([O-])[O][Cr](=[O])(=[O])[O-]. The predicted octanol–water partition coefficient (Wildman–Crippen LogP) is -28.5.